The van der Waals surface area contributed by atoms with E-state index < -0.39 is 50.5 Å². The summed E-state index contributed by atoms with van der Waals surface area (Å²) in [4.78, 5) is 12.3. The van der Waals surface area contributed by atoms with Crippen LogP contribution >= 0.6 is 0 Å². The van der Waals surface area contributed by atoms with Crippen molar-refractivity contribution in [1.82, 2.24) is 0 Å². The summed E-state index contributed by atoms with van der Waals surface area (Å²) in [7, 11) is -5.99. The first-order valence-electron chi connectivity index (χ1n) is 12.3. The molecule has 1 N–H and O–H groups in total. The summed E-state index contributed by atoms with van der Waals surface area (Å²) < 4.78 is 75.0. The number of carbonyl (C=O) groups is 1. The van der Waals surface area contributed by atoms with Crippen LogP contribution in [0.2, 0.25) is 0 Å². The van der Waals surface area contributed by atoms with Crippen molar-refractivity contribution in [2.75, 3.05) is 0 Å². The maximum atomic E-state index is 13.3. The standard InChI is InChI=1S/C26H35F3O6S/c1-14-10-19(34-18-11-15(2)17(30)12-16(14)18)22-24(5)9-7-8-23(3,4)20(24)13-21(25(22,6)31)35-36(32,33)26(27,28)29/h11,13,16,18-20,22,31H,1,7-10,12H2,2-6H3/t16-,18-,19-,20+,22-,24+,25-/m1/s1. The molecule has 0 spiro atoms. The first-order valence-corrected chi connectivity index (χ1v) is 13.7. The van der Waals surface area contributed by atoms with E-state index in [2.05, 4.69) is 10.8 Å². The lowest BCUT2D eigenvalue weighted by atomic mass is 9.46. The summed E-state index contributed by atoms with van der Waals surface area (Å²) in [6, 6.07) is 0. The molecule has 7 atom stereocenters. The van der Waals surface area contributed by atoms with E-state index in [0.29, 0.717) is 18.4 Å². The molecule has 1 heterocycles. The van der Waals surface area contributed by atoms with Gasteiger partial charge < -0.3 is 14.0 Å². The normalized spacial score (nSPS) is 41.1. The zero-order valence-electron chi connectivity index (χ0n) is 21.3. The SMILES string of the molecule is C=C1C[C@H]([C@@H]2[C@@]3(C)CCCC(C)(C)[C@@H]3C=C(OS(=O)(=O)C(F)(F)F)[C@@]2(C)O)O[C@@H]2C=C(C)C(=O)C[C@H]12. The molecule has 0 aromatic rings. The third-order valence-corrected chi connectivity index (χ3v) is 10.0. The fourth-order valence-corrected chi connectivity index (χ4v) is 7.93. The molecule has 0 unspecified atom stereocenters. The number of aliphatic hydroxyl groups is 1. The Labute approximate surface area is 210 Å². The molecular formula is C26H35F3O6S. The van der Waals surface area contributed by atoms with E-state index in [4.69, 9.17) is 4.74 Å². The van der Waals surface area contributed by atoms with Crippen LogP contribution in [0.15, 0.2) is 35.6 Å². The van der Waals surface area contributed by atoms with Crippen LogP contribution in [-0.4, -0.2) is 42.6 Å². The van der Waals surface area contributed by atoms with Gasteiger partial charge in [-0.2, -0.15) is 21.6 Å². The number of alkyl halides is 3. The van der Waals surface area contributed by atoms with Crippen LogP contribution in [0.4, 0.5) is 13.2 Å². The van der Waals surface area contributed by atoms with E-state index >= 15 is 0 Å². The Morgan fingerprint density at radius 3 is 2.39 bits per heavy atom. The highest BCUT2D eigenvalue weighted by Crippen LogP contribution is 2.63. The quantitative estimate of drug-likeness (QED) is 0.305. The maximum absolute atomic E-state index is 13.3. The fourth-order valence-electron chi connectivity index (χ4n) is 7.37. The van der Waals surface area contributed by atoms with Crippen LogP contribution in [0.3, 0.4) is 0 Å². The minimum absolute atomic E-state index is 0.0149. The molecule has 36 heavy (non-hydrogen) atoms. The van der Waals surface area contributed by atoms with E-state index in [1.807, 2.05) is 20.8 Å². The molecule has 6 nitrogen and oxygen atoms in total. The molecule has 1 aliphatic heterocycles. The van der Waals surface area contributed by atoms with Gasteiger partial charge in [0.15, 0.2) is 5.78 Å². The average molecular weight is 533 g/mol. The van der Waals surface area contributed by atoms with Gasteiger partial charge in [0, 0.05) is 18.3 Å². The number of hydrogen-bond acceptors (Lipinski definition) is 6. The monoisotopic (exact) mass is 532 g/mol. The summed E-state index contributed by atoms with van der Waals surface area (Å²) >= 11 is 0. The van der Waals surface area contributed by atoms with Gasteiger partial charge in [-0.1, -0.05) is 39.3 Å². The highest BCUT2D eigenvalue weighted by molar-refractivity contribution is 7.87. The molecule has 4 rings (SSSR count). The summed E-state index contributed by atoms with van der Waals surface area (Å²) in [6.07, 6.45) is 4.86. The highest BCUT2D eigenvalue weighted by Gasteiger charge is 2.64. The van der Waals surface area contributed by atoms with Crippen LogP contribution in [0.5, 0.6) is 0 Å². The van der Waals surface area contributed by atoms with Gasteiger partial charge in [-0.15, -0.1) is 0 Å². The van der Waals surface area contributed by atoms with Crippen molar-refractivity contribution in [1.29, 1.82) is 0 Å². The summed E-state index contributed by atoms with van der Waals surface area (Å²) in [5.41, 5.74) is -7.37. The predicted molar refractivity (Wildman–Crippen MR) is 127 cm³/mol. The van der Waals surface area contributed by atoms with Crippen molar-refractivity contribution in [2.24, 2.45) is 28.6 Å². The third-order valence-electron chi connectivity index (χ3n) is 9.05. The Bertz CT molecular complexity index is 1130. The lowest BCUT2D eigenvalue weighted by molar-refractivity contribution is -0.193. The molecule has 0 bridgehead atoms. The first kappa shape index (κ1) is 27.4. The first-order chi connectivity index (χ1) is 16.3. The number of ketones is 1. The topological polar surface area (TPSA) is 89.9 Å². The number of allylic oxidation sites excluding steroid dienone is 2. The molecule has 0 aromatic carbocycles. The Kier molecular flexibility index (Phi) is 6.41. The molecule has 1 saturated carbocycles. The van der Waals surface area contributed by atoms with Crippen LogP contribution in [0.25, 0.3) is 0 Å². The lowest BCUT2D eigenvalue weighted by Crippen LogP contribution is -2.62. The zero-order valence-corrected chi connectivity index (χ0v) is 22.1. The minimum Gasteiger partial charge on any atom is -0.382 e. The largest absolute Gasteiger partial charge is 0.534 e. The molecule has 2 fully saturated rings. The molecule has 202 valence electrons. The van der Waals surface area contributed by atoms with Crippen LogP contribution in [-0.2, 0) is 23.8 Å². The Morgan fingerprint density at radius 1 is 1.14 bits per heavy atom. The maximum Gasteiger partial charge on any atom is 0.534 e. The van der Waals surface area contributed by atoms with E-state index in [-0.39, 0.29) is 29.5 Å². The predicted octanol–water partition coefficient (Wildman–Crippen LogP) is 5.20. The van der Waals surface area contributed by atoms with Gasteiger partial charge in [0.25, 0.3) is 0 Å². The molecule has 0 amide bonds. The second kappa shape index (κ2) is 8.43. The number of hydrogen-bond donors (Lipinski definition) is 1. The molecule has 3 aliphatic carbocycles. The second-order valence-electron chi connectivity index (χ2n) is 12.0. The number of halogens is 3. The zero-order chi connectivity index (χ0) is 27.1. The number of rotatable bonds is 3. The van der Waals surface area contributed by atoms with E-state index in [0.717, 1.165) is 18.4 Å². The van der Waals surface area contributed by atoms with Gasteiger partial charge >= 0.3 is 15.6 Å². The lowest BCUT2D eigenvalue weighted by Gasteiger charge is -2.61. The third kappa shape index (κ3) is 4.26. The number of ether oxygens (including phenoxy) is 1. The van der Waals surface area contributed by atoms with E-state index in [9.17, 15) is 31.5 Å². The van der Waals surface area contributed by atoms with E-state index in [1.165, 1.54) is 13.0 Å². The fraction of sp³-hybridized carbons (Fsp3) is 0.731. The minimum atomic E-state index is -5.99. The van der Waals surface area contributed by atoms with Gasteiger partial charge in [-0.05, 0) is 67.6 Å². The van der Waals surface area contributed by atoms with Gasteiger partial charge in [0.2, 0.25) is 0 Å². The number of fused-ring (bicyclic) bond motifs is 2. The van der Waals surface area contributed by atoms with E-state index in [1.54, 1.807) is 13.0 Å². The molecule has 0 radical (unpaired) electrons. The number of Topliss-reactive ketones (excluding diaryl/α,β-unsaturated/α-hetero) is 1. The number of carbonyl (C=O) groups excluding carboxylic acids is 1. The van der Waals surface area contributed by atoms with Gasteiger partial charge in [0.05, 0.1) is 12.2 Å². The van der Waals surface area contributed by atoms with Crippen molar-refractivity contribution in [3.8, 4) is 0 Å². The molecule has 0 aromatic heterocycles. The van der Waals surface area contributed by atoms with Gasteiger partial charge in [0.1, 0.15) is 11.4 Å². The molecular weight excluding hydrogens is 497 g/mol. The molecule has 10 heteroatoms. The van der Waals surface area contributed by atoms with Crippen molar-refractivity contribution < 1.29 is 40.4 Å². The smallest absolute Gasteiger partial charge is 0.382 e. The van der Waals surface area contributed by atoms with Crippen LogP contribution in [0.1, 0.15) is 66.7 Å². The summed E-state index contributed by atoms with van der Waals surface area (Å²) in [6.45, 7) is 13.2. The Morgan fingerprint density at radius 2 is 1.78 bits per heavy atom. The van der Waals surface area contributed by atoms with Crippen molar-refractivity contribution in [3.05, 3.63) is 35.6 Å². The van der Waals surface area contributed by atoms with Crippen LogP contribution in [0, 0.1) is 28.6 Å². The van der Waals surface area contributed by atoms with Crippen molar-refractivity contribution >= 4 is 15.9 Å². The Hall–Kier alpha value is -1.65. The van der Waals surface area contributed by atoms with Crippen molar-refractivity contribution in [2.45, 2.75) is 90.0 Å². The van der Waals surface area contributed by atoms with Gasteiger partial charge in [-0.25, -0.2) is 0 Å². The Balaban J connectivity index is 1.82. The van der Waals surface area contributed by atoms with Crippen molar-refractivity contribution in [3.63, 3.8) is 0 Å². The van der Waals surface area contributed by atoms with Gasteiger partial charge in [-0.3, -0.25) is 4.79 Å². The summed E-state index contributed by atoms with van der Waals surface area (Å²) in [5, 5.41) is 11.8. The summed E-state index contributed by atoms with van der Waals surface area (Å²) in [5.74, 6) is -1.98. The van der Waals surface area contributed by atoms with Crippen LogP contribution < -0.4 is 0 Å². The molecule has 1 saturated heterocycles. The second-order valence-corrected chi connectivity index (χ2v) is 13.6. The molecule has 4 aliphatic rings. The average Bonchev–Trinajstić information content (AvgIpc) is 2.69. The highest BCUT2D eigenvalue weighted by atomic mass is 32.2.